The molecule has 0 aliphatic carbocycles. The number of hydrogen-bond donors (Lipinski definition) is 2. The first-order valence-corrected chi connectivity index (χ1v) is 10.7. The second-order valence-electron chi connectivity index (χ2n) is 6.99. The number of halogens is 1. The number of nitrogens with zero attached hydrogens (tertiary/aromatic N) is 3. The van der Waals surface area contributed by atoms with Crippen molar-refractivity contribution in [2.24, 2.45) is 0 Å². The summed E-state index contributed by atoms with van der Waals surface area (Å²) in [5.41, 5.74) is 2.32. The summed E-state index contributed by atoms with van der Waals surface area (Å²) in [6.45, 7) is 4.00. The Morgan fingerprint density at radius 2 is 1.69 bits per heavy atom. The van der Waals surface area contributed by atoms with Gasteiger partial charge in [0.25, 0.3) is 5.91 Å². The first-order valence-electron chi connectivity index (χ1n) is 9.62. The number of amides is 1. The summed E-state index contributed by atoms with van der Waals surface area (Å²) >= 11 is 2.17. The average Bonchev–Trinajstić information content (AvgIpc) is 3.24. The Kier molecular flexibility index (Phi) is 5.94. The SMILES string of the molecule is Cc1nc(Nc2ccc(NC(=O)c3ccccc3I)cc2)cc(N2CCCC2)n1. The molecule has 4 rings (SSSR count). The van der Waals surface area contributed by atoms with Gasteiger partial charge in [-0.2, -0.15) is 0 Å². The maximum atomic E-state index is 12.5. The summed E-state index contributed by atoms with van der Waals surface area (Å²) in [6.07, 6.45) is 2.42. The third kappa shape index (κ3) is 4.84. The van der Waals surface area contributed by atoms with Gasteiger partial charge in [-0.05, 0) is 78.8 Å². The zero-order chi connectivity index (χ0) is 20.2. The standard InChI is InChI=1S/C22H22IN5O/c1-15-24-20(14-21(25-15)28-12-4-5-13-28)26-16-8-10-17(11-9-16)27-22(29)18-6-2-3-7-19(18)23/h2-3,6-11,14H,4-5,12-13H2,1H3,(H,27,29)(H,24,25,26). The minimum Gasteiger partial charge on any atom is -0.356 e. The van der Waals surface area contributed by atoms with Gasteiger partial charge in [-0.3, -0.25) is 4.79 Å². The lowest BCUT2D eigenvalue weighted by Gasteiger charge is -2.18. The van der Waals surface area contributed by atoms with Gasteiger partial charge in [0.2, 0.25) is 0 Å². The van der Waals surface area contributed by atoms with Crippen molar-refractivity contribution in [3.63, 3.8) is 0 Å². The number of aromatic nitrogens is 2. The van der Waals surface area contributed by atoms with Gasteiger partial charge >= 0.3 is 0 Å². The highest BCUT2D eigenvalue weighted by Crippen LogP contribution is 2.24. The summed E-state index contributed by atoms with van der Waals surface area (Å²) < 4.78 is 0.925. The zero-order valence-corrected chi connectivity index (χ0v) is 18.3. The molecule has 0 spiro atoms. The van der Waals surface area contributed by atoms with E-state index < -0.39 is 0 Å². The number of rotatable bonds is 5. The van der Waals surface area contributed by atoms with Crippen LogP contribution in [0.1, 0.15) is 29.0 Å². The maximum absolute atomic E-state index is 12.5. The molecular formula is C22H22IN5O. The number of hydrogen-bond acceptors (Lipinski definition) is 5. The first kappa shape index (κ1) is 19.6. The Balaban J connectivity index is 1.45. The van der Waals surface area contributed by atoms with E-state index in [1.165, 1.54) is 12.8 Å². The van der Waals surface area contributed by atoms with E-state index in [2.05, 4.69) is 48.1 Å². The van der Waals surface area contributed by atoms with Gasteiger partial charge in [0, 0.05) is 34.1 Å². The van der Waals surface area contributed by atoms with E-state index in [0.717, 1.165) is 45.5 Å². The number of anilines is 4. The Morgan fingerprint density at radius 3 is 2.41 bits per heavy atom. The molecule has 0 bridgehead atoms. The van der Waals surface area contributed by atoms with Crippen LogP contribution in [0.25, 0.3) is 0 Å². The van der Waals surface area contributed by atoms with Crippen LogP contribution in [0.15, 0.2) is 54.6 Å². The predicted molar refractivity (Wildman–Crippen MR) is 125 cm³/mol. The monoisotopic (exact) mass is 499 g/mol. The fourth-order valence-corrected chi connectivity index (χ4v) is 3.99. The van der Waals surface area contributed by atoms with E-state index in [-0.39, 0.29) is 5.91 Å². The summed E-state index contributed by atoms with van der Waals surface area (Å²) in [6, 6.07) is 17.1. The van der Waals surface area contributed by atoms with Crippen molar-refractivity contribution in [1.29, 1.82) is 0 Å². The van der Waals surface area contributed by atoms with Crippen molar-refractivity contribution in [1.82, 2.24) is 9.97 Å². The predicted octanol–water partition coefficient (Wildman–Crippen LogP) is 4.99. The summed E-state index contributed by atoms with van der Waals surface area (Å²) in [4.78, 5) is 23.8. The number of aryl methyl sites for hydroxylation is 1. The van der Waals surface area contributed by atoms with Crippen LogP contribution in [0.5, 0.6) is 0 Å². The molecule has 0 atom stereocenters. The lowest BCUT2D eigenvalue weighted by Crippen LogP contribution is -2.19. The third-order valence-corrected chi connectivity index (χ3v) is 5.73. The molecule has 1 aromatic heterocycles. The number of carbonyl (C=O) groups is 1. The van der Waals surface area contributed by atoms with E-state index in [9.17, 15) is 4.79 Å². The largest absolute Gasteiger partial charge is 0.356 e. The summed E-state index contributed by atoms with van der Waals surface area (Å²) in [5, 5.41) is 6.28. The molecule has 7 heteroatoms. The van der Waals surface area contributed by atoms with E-state index in [4.69, 9.17) is 0 Å². The van der Waals surface area contributed by atoms with Crippen molar-refractivity contribution < 1.29 is 4.79 Å². The highest BCUT2D eigenvalue weighted by Gasteiger charge is 2.15. The Labute approximate surface area is 183 Å². The Bertz CT molecular complexity index is 1020. The van der Waals surface area contributed by atoms with Crippen LogP contribution in [-0.4, -0.2) is 29.0 Å². The van der Waals surface area contributed by atoms with Crippen molar-refractivity contribution in [2.75, 3.05) is 28.6 Å². The lowest BCUT2D eigenvalue weighted by molar-refractivity contribution is 0.102. The number of benzene rings is 2. The minimum absolute atomic E-state index is 0.114. The van der Waals surface area contributed by atoms with E-state index >= 15 is 0 Å². The second kappa shape index (κ2) is 8.77. The summed E-state index contributed by atoms with van der Waals surface area (Å²) in [7, 11) is 0. The first-order chi connectivity index (χ1) is 14.1. The molecule has 0 radical (unpaired) electrons. The second-order valence-corrected chi connectivity index (χ2v) is 8.15. The van der Waals surface area contributed by atoms with Gasteiger partial charge in [-0.15, -0.1) is 0 Å². The molecule has 1 saturated heterocycles. The highest BCUT2D eigenvalue weighted by atomic mass is 127. The van der Waals surface area contributed by atoms with Crippen LogP contribution < -0.4 is 15.5 Å². The zero-order valence-electron chi connectivity index (χ0n) is 16.2. The summed E-state index contributed by atoms with van der Waals surface area (Å²) in [5.74, 6) is 2.38. The molecule has 6 nitrogen and oxygen atoms in total. The van der Waals surface area contributed by atoms with Crippen LogP contribution in [0.2, 0.25) is 0 Å². The van der Waals surface area contributed by atoms with Gasteiger partial charge in [0.1, 0.15) is 17.5 Å². The third-order valence-electron chi connectivity index (χ3n) is 4.79. The molecule has 2 aromatic carbocycles. The maximum Gasteiger partial charge on any atom is 0.256 e. The molecular weight excluding hydrogens is 477 g/mol. The highest BCUT2D eigenvalue weighted by molar-refractivity contribution is 14.1. The molecule has 148 valence electrons. The molecule has 1 aliphatic rings. The molecule has 0 saturated carbocycles. The van der Waals surface area contributed by atoms with Crippen LogP contribution in [0.3, 0.4) is 0 Å². The van der Waals surface area contributed by atoms with E-state index in [0.29, 0.717) is 5.56 Å². The minimum atomic E-state index is -0.114. The van der Waals surface area contributed by atoms with Crippen molar-refractivity contribution in [3.8, 4) is 0 Å². The molecule has 0 unspecified atom stereocenters. The smallest absolute Gasteiger partial charge is 0.256 e. The quantitative estimate of drug-likeness (QED) is 0.485. The fourth-order valence-electron chi connectivity index (χ4n) is 3.35. The van der Waals surface area contributed by atoms with Gasteiger partial charge in [-0.1, -0.05) is 12.1 Å². The van der Waals surface area contributed by atoms with E-state index in [1.807, 2.05) is 61.5 Å². The lowest BCUT2D eigenvalue weighted by atomic mass is 10.2. The Hall–Kier alpha value is -2.68. The normalized spacial score (nSPS) is 13.4. The Morgan fingerprint density at radius 1 is 1.00 bits per heavy atom. The molecule has 1 amide bonds. The van der Waals surface area contributed by atoms with Crippen LogP contribution in [-0.2, 0) is 0 Å². The van der Waals surface area contributed by atoms with Crippen LogP contribution in [0, 0.1) is 10.5 Å². The van der Waals surface area contributed by atoms with Gasteiger partial charge < -0.3 is 15.5 Å². The van der Waals surface area contributed by atoms with Crippen molar-refractivity contribution >= 4 is 51.5 Å². The van der Waals surface area contributed by atoms with Crippen molar-refractivity contribution in [3.05, 3.63) is 69.6 Å². The molecule has 2 heterocycles. The van der Waals surface area contributed by atoms with Gasteiger partial charge in [0.15, 0.2) is 0 Å². The fraction of sp³-hybridized carbons (Fsp3) is 0.227. The molecule has 1 aliphatic heterocycles. The molecule has 2 N–H and O–H groups in total. The average molecular weight is 499 g/mol. The van der Waals surface area contributed by atoms with E-state index in [1.54, 1.807) is 0 Å². The molecule has 29 heavy (non-hydrogen) atoms. The number of nitrogens with one attached hydrogen (secondary N) is 2. The molecule has 3 aromatic rings. The topological polar surface area (TPSA) is 70.2 Å². The number of carbonyl (C=O) groups excluding carboxylic acids is 1. The van der Waals surface area contributed by atoms with Gasteiger partial charge in [0.05, 0.1) is 5.56 Å². The van der Waals surface area contributed by atoms with Crippen molar-refractivity contribution in [2.45, 2.75) is 19.8 Å². The van der Waals surface area contributed by atoms with Gasteiger partial charge in [-0.25, -0.2) is 9.97 Å². The molecule has 1 fully saturated rings. The van der Waals surface area contributed by atoms with Crippen LogP contribution in [0.4, 0.5) is 23.0 Å². The van der Waals surface area contributed by atoms with Crippen LogP contribution >= 0.6 is 22.6 Å².